The Balaban J connectivity index is 1.51. The van der Waals surface area contributed by atoms with Gasteiger partial charge in [-0.15, -0.1) is 0 Å². The normalized spacial score (nSPS) is 18.5. The number of hydrogen-bond acceptors (Lipinski definition) is 3. The summed E-state index contributed by atoms with van der Waals surface area (Å²) in [5.41, 5.74) is 10.6. The van der Waals surface area contributed by atoms with Gasteiger partial charge in [0.25, 0.3) is 0 Å². The van der Waals surface area contributed by atoms with E-state index in [2.05, 4.69) is 33.5 Å². The number of rotatable bonds is 6. The number of carbonyl (C=O) groups excluding carboxylic acids is 1. The Labute approximate surface area is 202 Å². The zero-order valence-corrected chi connectivity index (χ0v) is 19.6. The van der Waals surface area contributed by atoms with E-state index in [0.29, 0.717) is 37.5 Å². The van der Waals surface area contributed by atoms with E-state index in [1.807, 2.05) is 30.3 Å². The van der Waals surface area contributed by atoms with Gasteiger partial charge in [0.15, 0.2) is 0 Å². The van der Waals surface area contributed by atoms with Crippen molar-refractivity contribution in [1.29, 1.82) is 0 Å². The van der Waals surface area contributed by atoms with Crippen molar-refractivity contribution in [2.75, 3.05) is 13.1 Å². The predicted molar refractivity (Wildman–Crippen MR) is 134 cm³/mol. The van der Waals surface area contributed by atoms with Gasteiger partial charge in [0, 0.05) is 66.7 Å². The molecule has 2 fully saturated rings. The van der Waals surface area contributed by atoms with Gasteiger partial charge >= 0.3 is 0 Å². The third-order valence-electron chi connectivity index (χ3n) is 7.06. The van der Waals surface area contributed by atoms with Crippen molar-refractivity contribution in [2.45, 2.75) is 44.2 Å². The third-order valence-corrected chi connectivity index (χ3v) is 7.29. The van der Waals surface area contributed by atoms with Crippen LogP contribution in [0.1, 0.15) is 42.9 Å². The van der Waals surface area contributed by atoms with E-state index in [-0.39, 0.29) is 30.7 Å². The van der Waals surface area contributed by atoms with E-state index in [4.69, 9.17) is 18.0 Å². The fourth-order valence-electron chi connectivity index (χ4n) is 4.89. The molecular weight excluding hydrogens is 454 g/mol. The first-order valence-corrected chi connectivity index (χ1v) is 12.1. The van der Waals surface area contributed by atoms with Crippen LogP contribution < -0.4 is 16.4 Å². The van der Waals surface area contributed by atoms with Gasteiger partial charge in [0.1, 0.15) is 4.99 Å². The number of nitrogens with zero attached hydrogens (tertiary/aromatic N) is 1. The highest BCUT2D eigenvalue weighted by Crippen LogP contribution is 2.42. The van der Waals surface area contributed by atoms with Crippen LogP contribution in [0.15, 0.2) is 48.7 Å². The lowest BCUT2D eigenvalue weighted by Gasteiger charge is -2.30. The highest BCUT2D eigenvalue weighted by molar-refractivity contribution is 7.80. The molecule has 34 heavy (non-hydrogen) atoms. The summed E-state index contributed by atoms with van der Waals surface area (Å²) in [5.74, 6) is -2.50. The Bertz CT molecular complexity index is 1240. The van der Waals surface area contributed by atoms with Crippen LogP contribution in [0.3, 0.4) is 0 Å². The number of fused-ring (bicyclic) bond motifs is 1. The Hall–Kier alpha value is -2.84. The molecule has 5 nitrogen and oxygen atoms in total. The number of halogens is 2. The average molecular weight is 483 g/mol. The number of hydrogen-bond donors (Lipinski definition) is 3. The first-order valence-electron chi connectivity index (χ1n) is 11.7. The van der Waals surface area contributed by atoms with Gasteiger partial charge in [0.2, 0.25) is 11.8 Å². The van der Waals surface area contributed by atoms with Crippen LogP contribution in [0, 0.1) is 5.92 Å². The Morgan fingerprint density at radius 3 is 2.62 bits per heavy atom. The van der Waals surface area contributed by atoms with Crippen LogP contribution in [0.5, 0.6) is 0 Å². The van der Waals surface area contributed by atoms with E-state index in [1.54, 1.807) is 0 Å². The van der Waals surface area contributed by atoms with E-state index >= 15 is 0 Å². The maximum Gasteiger partial charge on any atom is 0.248 e. The first kappa shape index (κ1) is 22.9. The third kappa shape index (κ3) is 4.57. The molecule has 0 unspecified atom stereocenters. The summed E-state index contributed by atoms with van der Waals surface area (Å²) in [5, 5.41) is 7.17. The molecule has 0 atom stereocenters. The fraction of sp³-hybridized carbons (Fsp3) is 0.385. The van der Waals surface area contributed by atoms with E-state index < -0.39 is 5.92 Å². The molecule has 1 saturated carbocycles. The molecule has 3 aromatic rings. The highest BCUT2D eigenvalue weighted by Gasteiger charge is 2.36. The lowest BCUT2D eigenvalue weighted by molar-refractivity contribution is -0.126. The van der Waals surface area contributed by atoms with Gasteiger partial charge < -0.3 is 20.9 Å². The van der Waals surface area contributed by atoms with E-state index in [9.17, 15) is 13.6 Å². The van der Waals surface area contributed by atoms with Crippen molar-refractivity contribution in [3.8, 4) is 11.1 Å². The van der Waals surface area contributed by atoms with Crippen molar-refractivity contribution in [3.63, 3.8) is 0 Å². The van der Waals surface area contributed by atoms with Gasteiger partial charge in [-0.1, -0.05) is 42.5 Å². The summed E-state index contributed by atoms with van der Waals surface area (Å²) in [6.07, 6.45) is 2.72. The lowest BCUT2D eigenvalue weighted by Crippen LogP contribution is -2.50. The van der Waals surface area contributed by atoms with Crippen molar-refractivity contribution >= 4 is 34.0 Å². The number of carbonyl (C=O) groups is 1. The topological polar surface area (TPSA) is 72.1 Å². The second kappa shape index (κ2) is 9.07. The minimum absolute atomic E-state index is 0.000495. The van der Waals surface area contributed by atoms with E-state index in [0.717, 1.165) is 33.2 Å². The molecule has 2 heterocycles. The summed E-state index contributed by atoms with van der Waals surface area (Å²) in [7, 11) is 0. The molecule has 1 aliphatic heterocycles. The standard InChI is InChI=1S/C26H28F2N4OS/c27-26(28)8-6-20(7-9-26)32-15-22(17-2-1-3-18(11-17)24(29)34)21-5-4-16(10-23(21)32)12-31-25(33)19-13-30-14-19/h1-5,10-11,15,19-20,30H,6-9,12-14H2,(H2,29,34)(H,31,33). The summed E-state index contributed by atoms with van der Waals surface area (Å²) < 4.78 is 29.9. The molecule has 0 radical (unpaired) electrons. The minimum Gasteiger partial charge on any atom is -0.389 e. The van der Waals surface area contributed by atoms with Crippen LogP contribution in [0.4, 0.5) is 8.78 Å². The SMILES string of the molecule is NC(=S)c1cccc(-c2cn(C3CCC(F)(F)CC3)c3cc(CNC(=O)C4CNC4)ccc23)c1. The van der Waals surface area contributed by atoms with Gasteiger partial charge in [-0.05, 0) is 36.1 Å². The van der Waals surface area contributed by atoms with Gasteiger partial charge in [0.05, 0.1) is 5.92 Å². The molecule has 1 amide bonds. The highest BCUT2D eigenvalue weighted by atomic mass is 32.1. The van der Waals surface area contributed by atoms with Crippen LogP contribution in [0.25, 0.3) is 22.0 Å². The predicted octanol–water partition coefficient (Wildman–Crippen LogP) is 4.53. The Morgan fingerprint density at radius 1 is 1.18 bits per heavy atom. The van der Waals surface area contributed by atoms with Crippen molar-refractivity contribution < 1.29 is 13.6 Å². The maximum absolute atomic E-state index is 13.9. The zero-order valence-electron chi connectivity index (χ0n) is 18.8. The number of alkyl halides is 2. The number of thiocarbonyl (C=S) groups is 1. The average Bonchev–Trinajstić information content (AvgIpc) is 3.15. The van der Waals surface area contributed by atoms with E-state index in [1.165, 1.54) is 0 Å². The van der Waals surface area contributed by atoms with Crippen molar-refractivity contribution in [1.82, 2.24) is 15.2 Å². The molecule has 178 valence electrons. The summed E-state index contributed by atoms with van der Waals surface area (Å²) >= 11 is 5.16. The minimum atomic E-state index is -2.58. The molecule has 0 spiro atoms. The van der Waals surface area contributed by atoms with Crippen LogP contribution in [-0.4, -0.2) is 34.5 Å². The molecule has 8 heteroatoms. The molecule has 5 rings (SSSR count). The molecule has 2 aliphatic rings. The zero-order chi connectivity index (χ0) is 23.9. The Kier molecular flexibility index (Phi) is 6.12. The monoisotopic (exact) mass is 482 g/mol. The molecule has 1 saturated heterocycles. The number of amides is 1. The van der Waals surface area contributed by atoms with Gasteiger partial charge in [-0.3, -0.25) is 4.79 Å². The van der Waals surface area contributed by atoms with Crippen LogP contribution in [0.2, 0.25) is 0 Å². The summed E-state index contributed by atoms with van der Waals surface area (Å²) in [4.78, 5) is 12.6. The Morgan fingerprint density at radius 2 is 1.94 bits per heavy atom. The largest absolute Gasteiger partial charge is 0.389 e. The molecule has 1 aliphatic carbocycles. The lowest BCUT2D eigenvalue weighted by atomic mass is 9.92. The van der Waals surface area contributed by atoms with Gasteiger partial charge in [-0.2, -0.15) is 0 Å². The molecule has 1 aromatic heterocycles. The number of nitrogens with two attached hydrogens (primary N) is 1. The van der Waals surface area contributed by atoms with Crippen LogP contribution >= 0.6 is 12.2 Å². The molecule has 4 N–H and O–H groups in total. The summed E-state index contributed by atoms with van der Waals surface area (Å²) in [6.45, 7) is 1.87. The fourth-order valence-corrected chi connectivity index (χ4v) is 5.02. The van der Waals surface area contributed by atoms with Crippen molar-refractivity contribution in [3.05, 3.63) is 59.8 Å². The number of aromatic nitrogens is 1. The summed E-state index contributed by atoms with van der Waals surface area (Å²) in [6, 6.07) is 13.9. The smallest absolute Gasteiger partial charge is 0.248 e. The number of benzene rings is 2. The molecule has 0 bridgehead atoms. The molecule has 2 aromatic carbocycles. The molecular formula is C26H28F2N4OS. The quantitative estimate of drug-likeness (QED) is 0.452. The van der Waals surface area contributed by atoms with Crippen molar-refractivity contribution in [2.24, 2.45) is 11.7 Å². The first-order chi connectivity index (χ1) is 16.3. The van der Waals surface area contributed by atoms with Gasteiger partial charge in [-0.25, -0.2) is 8.78 Å². The maximum atomic E-state index is 13.9. The second-order valence-corrected chi connectivity index (χ2v) is 9.85. The number of nitrogens with one attached hydrogen (secondary N) is 2. The van der Waals surface area contributed by atoms with Crippen LogP contribution in [-0.2, 0) is 11.3 Å². The second-order valence-electron chi connectivity index (χ2n) is 9.41.